The van der Waals surface area contributed by atoms with Gasteiger partial charge in [-0.2, -0.15) is 0 Å². The summed E-state index contributed by atoms with van der Waals surface area (Å²) in [5.74, 6) is 0.553. The molecule has 1 aliphatic heterocycles. The Kier molecular flexibility index (Phi) is 4.00. The molecule has 0 aromatic rings. The fourth-order valence-electron chi connectivity index (χ4n) is 10.4. The third kappa shape index (κ3) is 1.93. The molecule has 12 atom stereocenters. The van der Waals surface area contributed by atoms with Crippen molar-refractivity contribution < 1.29 is 24.8 Å². The van der Waals surface area contributed by atoms with Gasteiger partial charge in [0.1, 0.15) is 0 Å². The lowest BCUT2D eigenvalue weighted by atomic mass is 9.43. The molecule has 0 aromatic carbocycles. The Bertz CT molecular complexity index is 705. The van der Waals surface area contributed by atoms with Gasteiger partial charge in [-0.3, -0.25) is 4.90 Å². The Hall–Kier alpha value is -0.240. The van der Waals surface area contributed by atoms with E-state index < -0.39 is 11.7 Å². The van der Waals surface area contributed by atoms with Crippen LogP contribution in [0.15, 0.2) is 0 Å². The summed E-state index contributed by atoms with van der Waals surface area (Å²) in [6, 6.07) is 0.200. The highest BCUT2D eigenvalue weighted by molar-refractivity contribution is 5.33. The minimum atomic E-state index is -0.901. The molecule has 1 saturated heterocycles. The van der Waals surface area contributed by atoms with E-state index in [1.165, 1.54) is 0 Å². The van der Waals surface area contributed by atoms with E-state index in [-0.39, 0.29) is 52.8 Å². The maximum Gasteiger partial charge on any atom is 0.0771 e. The lowest BCUT2D eigenvalue weighted by Crippen LogP contribution is -2.76. The number of nitrogens with zero attached hydrogens (tertiary/aromatic N) is 1. The molecule has 0 aromatic heterocycles. The summed E-state index contributed by atoms with van der Waals surface area (Å²) in [7, 11) is 3.52. The Morgan fingerprint density at radius 3 is 2.62 bits per heavy atom. The molecule has 164 valence electrons. The highest BCUT2D eigenvalue weighted by atomic mass is 16.5. The van der Waals surface area contributed by atoms with E-state index >= 15 is 0 Å². The van der Waals surface area contributed by atoms with Gasteiger partial charge in [0.15, 0.2) is 0 Å². The minimum Gasteiger partial charge on any atom is -0.392 e. The molecular weight excluding hydrogens is 370 g/mol. The first-order valence-corrected chi connectivity index (χ1v) is 11.7. The molecule has 6 unspecified atom stereocenters. The number of fused-ring (bicyclic) bond motifs is 2. The van der Waals surface area contributed by atoms with E-state index in [1.807, 2.05) is 0 Å². The lowest BCUT2D eigenvalue weighted by Gasteiger charge is -2.69. The van der Waals surface area contributed by atoms with Crippen molar-refractivity contribution in [2.75, 3.05) is 33.9 Å². The molecule has 1 heterocycles. The predicted octanol–water partition coefficient (Wildman–Crippen LogP) is 0.877. The van der Waals surface area contributed by atoms with Crippen molar-refractivity contribution in [1.82, 2.24) is 4.90 Å². The lowest BCUT2D eigenvalue weighted by molar-refractivity contribution is -0.272. The van der Waals surface area contributed by atoms with Crippen LogP contribution in [0.1, 0.15) is 39.0 Å². The Morgan fingerprint density at radius 1 is 1.14 bits per heavy atom. The zero-order valence-electron chi connectivity index (χ0n) is 18.0. The van der Waals surface area contributed by atoms with E-state index in [1.54, 1.807) is 14.2 Å². The molecule has 6 rings (SSSR count). The van der Waals surface area contributed by atoms with Crippen LogP contribution < -0.4 is 0 Å². The number of hydrogen-bond acceptors (Lipinski definition) is 6. The largest absolute Gasteiger partial charge is 0.392 e. The van der Waals surface area contributed by atoms with Gasteiger partial charge in [-0.05, 0) is 44.1 Å². The van der Waals surface area contributed by atoms with Crippen LogP contribution in [0.5, 0.6) is 0 Å². The minimum absolute atomic E-state index is 0.0495. The van der Waals surface area contributed by atoms with Gasteiger partial charge in [0.05, 0.1) is 30.5 Å². The number of aliphatic hydroxyl groups is 3. The average molecular weight is 408 g/mol. The predicted molar refractivity (Wildman–Crippen MR) is 106 cm³/mol. The van der Waals surface area contributed by atoms with Crippen molar-refractivity contribution in [3.05, 3.63) is 0 Å². The van der Waals surface area contributed by atoms with E-state index in [9.17, 15) is 15.3 Å². The quantitative estimate of drug-likeness (QED) is 0.642. The van der Waals surface area contributed by atoms with E-state index in [0.717, 1.165) is 45.4 Å². The molecule has 1 spiro atoms. The maximum absolute atomic E-state index is 12.2. The van der Waals surface area contributed by atoms with Gasteiger partial charge < -0.3 is 24.8 Å². The van der Waals surface area contributed by atoms with Crippen molar-refractivity contribution in [1.29, 1.82) is 0 Å². The molecule has 6 aliphatic rings. The van der Waals surface area contributed by atoms with Crippen LogP contribution in [0.25, 0.3) is 0 Å². The smallest absolute Gasteiger partial charge is 0.0771 e. The summed E-state index contributed by atoms with van der Waals surface area (Å²) >= 11 is 0. The number of methoxy groups -OCH3 is 2. The monoisotopic (exact) mass is 407 g/mol. The van der Waals surface area contributed by atoms with Crippen LogP contribution in [0.3, 0.4) is 0 Å². The van der Waals surface area contributed by atoms with Gasteiger partial charge in [0.25, 0.3) is 0 Å². The maximum atomic E-state index is 12.2. The van der Waals surface area contributed by atoms with Crippen molar-refractivity contribution in [2.45, 2.75) is 69.0 Å². The van der Waals surface area contributed by atoms with Crippen LogP contribution in [0.2, 0.25) is 0 Å². The van der Waals surface area contributed by atoms with Crippen LogP contribution >= 0.6 is 0 Å². The third-order valence-corrected chi connectivity index (χ3v) is 10.9. The number of aliphatic hydroxyl groups excluding tert-OH is 2. The van der Waals surface area contributed by atoms with Gasteiger partial charge in [0.2, 0.25) is 0 Å². The Labute approximate surface area is 173 Å². The van der Waals surface area contributed by atoms with Gasteiger partial charge in [-0.15, -0.1) is 0 Å². The average Bonchev–Trinajstić information content (AvgIpc) is 3.13. The van der Waals surface area contributed by atoms with Crippen molar-refractivity contribution in [3.8, 4) is 0 Å². The Morgan fingerprint density at radius 2 is 1.93 bits per heavy atom. The fourth-order valence-corrected chi connectivity index (χ4v) is 10.4. The third-order valence-electron chi connectivity index (χ3n) is 10.9. The zero-order chi connectivity index (χ0) is 20.3. The molecular formula is C23H37NO5. The fraction of sp³-hybridized carbons (Fsp3) is 1.00. The second-order valence-electron chi connectivity index (χ2n) is 11.2. The number of hydrogen-bond donors (Lipinski definition) is 3. The molecule has 0 radical (unpaired) electrons. The summed E-state index contributed by atoms with van der Waals surface area (Å²) in [4.78, 5) is 2.57. The summed E-state index contributed by atoms with van der Waals surface area (Å²) in [5.41, 5.74) is -1.08. The first kappa shape index (κ1) is 19.4. The van der Waals surface area contributed by atoms with E-state index in [4.69, 9.17) is 9.47 Å². The molecule has 7 bridgehead atoms. The van der Waals surface area contributed by atoms with Gasteiger partial charge >= 0.3 is 0 Å². The normalized spacial score (nSPS) is 62.5. The number of likely N-dealkylation sites (tertiary alicyclic amines) is 1. The highest BCUT2D eigenvalue weighted by Crippen LogP contribution is 2.78. The SMILES string of the molecule is CCN1C[C@@]2(COC)CC[C@H](O)[C@@]34C5C[C@H]6C(O)C5[C@](O)(C[C@@H]6OC)C(CC23)C14. The highest BCUT2D eigenvalue weighted by Gasteiger charge is 2.83. The summed E-state index contributed by atoms with van der Waals surface area (Å²) in [5, 5.41) is 35.2. The van der Waals surface area contributed by atoms with Crippen molar-refractivity contribution >= 4 is 0 Å². The molecule has 6 nitrogen and oxygen atoms in total. The van der Waals surface area contributed by atoms with E-state index in [2.05, 4.69) is 11.8 Å². The van der Waals surface area contributed by atoms with Crippen LogP contribution in [-0.4, -0.2) is 84.1 Å². The summed E-state index contributed by atoms with van der Waals surface area (Å²) in [6.07, 6.45) is 3.27. The second-order valence-corrected chi connectivity index (χ2v) is 11.2. The first-order valence-electron chi connectivity index (χ1n) is 11.7. The van der Waals surface area contributed by atoms with Gasteiger partial charge in [-0.1, -0.05) is 6.92 Å². The molecule has 29 heavy (non-hydrogen) atoms. The number of rotatable bonds is 4. The van der Waals surface area contributed by atoms with Crippen molar-refractivity contribution in [3.63, 3.8) is 0 Å². The Balaban J connectivity index is 1.57. The summed E-state index contributed by atoms with van der Waals surface area (Å²) < 4.78 is 11.6. The molecule has 5 saturated carbocycles. The van der Waals surface area contributed by atoms with Crippen LogP contribution in [0, 0.1) is 40.4 Å². The van der Waals surface area contributed by atoms with E-state index in [0.29, 0.717) is 12.3 Å². The standard InChI is InChI=1S/C23H37NO5/c1-4-24-10-21(11-28-2)6-5-17(25)23-13-7-12-15(29-3)9-22(27,18(13)19(12)26)14(20(23)24)8-16(21)23/h12-20,25-27H,4-11H2,1-3H3/t12-,13?,14?,15+,16?,17+,18?,19?,20?,21-,22+,23-/m1/s1. The summed E-state index contributed by atoms with van der Waals surface area (Å²) in [6.45, 7) is 4.88. The molecule has 0 amide bonds. The number of ether oxygens (including phenoxy) is 2. The molecule has 6 heteroatoms. The van der Waals surface area contributed by atoms with Gasteiger partial charge in [-0.25, -0.2) is 0 Å². The molecule has 5 aliphatic carbocycles. The second kappa shape index (κ2) is 5.96. The topological polar surface area (TPSA) is 82.4 Å². The first-order chi connectivity index (χ1) is 13.9. The molecule has 3 N–H and O–H groups in total. The van der Waals surface area contributed by atoms with Crippen LogP contribution in [0.4, 0.5) is 0 Å². The van der Waals surface area contributed by atoms with Crippen molar-refractivity contribution in [2.24, 2.45) is 40.4 Å². The van der Waals surface area contributed by atoms with Crippen LogP contribution in [-0.2, 0) is 9.47 Å². The van der Waals surface area contributed by atoms with Gasteiger partial charge in [0, 0.05) is 61.8 Å². The number of piperidine rings is 1. The molecule has 6 fully saturated rings. The zero-order valence-corrected chi connectivity index (χ0v) is 18.0.